The van der Waals surface area contributed by atoms with Crippen molar-refractivity contribution in [3.8, 4) is 78.6 Å². The molecule has 0 bridgehead atoms. The molecule has 9 aromatic rings. The fourth-order valence-corrected chi connectivity index (χ4v) is 10.0. The van der Waals surface area contributed by atoms with E-state index < -0.39 is 0 Å². The van der Waals surface area contributed by atoms with Gasteiger partial charge in [-0.25, -0.2) is 4.98 Å². The summed E-state index contributed by atoms with van der Waals surface area (Å²) in [6, 6.07) is 55.5. The fraction of sp³-hybridized carbons (Fsp3) is 0.304. The number of fused-ring (bicyclic) bond motifs is 1. The van der Waals surface area contributed by atoms with Crippen molar-refractivity contribution >= 4 is 11.0 Å². The Morgan fingerprint density at radius 1 is 0.397 bits per heavy atom. The number of phenols is 1. The molecule has 7 aromatic carbocycles. The van der Waals surface area contributed by atoms with Crippen molar-refractivity contribution in [1.29, 1.82) is 0 Å². The van der Waals surface area contributed by atoms with Crippen molar-refractivity contribution in [3.05, 3.63) is 191 Å². The minimum atomic E-state index is -0.331. The summed E-state index contributed by atoms with van der Waals surface area (Å²) in [6.45, 7) is 35.9. The third kappa shape index (κ3) is 10.2. The largest absolute Gasteiger partial charge is 0.507 e. The zero-order chi connectivity index (χ0) is 52.6. The average Bonchev–Trinajstić information content (AvgIpc) is 3.72. The van der Waals surface area contributed by atoms with E-state index in [9.17, 15) is 5.11 Å². The number of nitrogens with zero attached hydrogens (tertiary/aromatic N) is 3. The first-order chi connectivity index (χ1) is 34.2. The van der Waals surface area contributed by atoms with Gasteiger partial charge >= 0.3 is 0 Å². The van der Waals surface area contributed by atoms with Gasteiger partial charge in [-0.15, -0.1) is 0 Å². The highest BCUT2D eigenvalue weighted by Crippen LogP contribution is 2.46. The Morgan fingerprint density at radius 3 is 1.60 bits per heavy atom. The number of aromatic nitrogens is 3. The van der Waals surface area contributed by atoms with Gasteiger partial charge in [0.1, 0.15) is 11.6 Å². The van der Waals surface area contributed by atoms with Gasteiger partial charge < -0.3 is 5.11 Å². The van der Waals surface area contributed by atoms with Gasteiger partial charge in [0.15, 0.2) is 0 Å². The van der Waals surface area contributed by atoms with E-state index in [1.807, 2.05) is 6.20 Å². The first kappa shape index (κ1) is 50.9. The number of pyridine rings is 1. The van der Waals surface area contributed by atoms with E-state index in [1.165, 1.54) is 33.4 Å². The van der Waals surface area contributed by atoms with Gasteiger partial charge in [-0.1, -0.05) is 207 Å². The highest BCUT2D eigenvalue weighted by molar-refractivity contribution is 5.98. The Hall–Kier alpha value is -7.04. The van der Waals surface area contributed by atoms with Crippen LogP contribution in [-0.2, 0) is 27.1 Å². The van der Waals surface area contributed by atoms with Crippen LogP contribution in [0.5, 0.6) is 5.75 Å². The molecule has 0 amide bonds. The van der Waals surface area contributed by atoms with Crippen LogP contribution in [0, 0.1) is 6.92 Å². The molecule has 0 radical (unpaired) electrons. The molecule has 4 heteroatoms. The smallest absolute Gasteiger partial charge is 0.149 e. The minimum absolute atomic E-state index is 0.0800. The lowest BCUT2D eigenvalue weighted by Crippen LogP contribution is -2.17. The summed E-state index contributed by atoms with van der Waals surface area (Å²) in [5.74, 6) is 0.954. The van der Waals surface area contributed by atoms with Crippen LogP contribution < -0.4 is 0 Å². The molecule has 0 unspecified atom stereocenters. The Bertz CT molecular complexity index is 3520. The summed E-state index contributed by atoms with van der Waals surface area (Å²) in [5, 5.41) is 12.6. The standard InChI is InChI=1S/C69H75N3O/c1-43-35-50(65(2,3)4)29-31-54(43)46-27-25-44(26-28-46)47-33-34-70-59(39-47)49-36-48(37-52(38-49)67(8,9)10)55-23-20-24-61-62(55)71-64(57-41-53(68(11,12)13)42-58(63(57)73)69(14,15)16)72(61)60-32-30-51(66(5,6)7)40-56(60)45-21-18-17-19-22-45/h17-42,73H,1-16H3. The second-order valence-electron chi connectivity index (χ2n) is 25.5. The van der Waals surface area contributed by atoms with Crippen LogP contribution in [0.3, 0.4) is 0 Å². The van der Waals surface area contributed by atoms with Crippen molar-refractivity contribution < 1.29 is 5.11 Å². The highest BCUT2D eigenvalue weighted by atomic mass is 16.3. The summed E-state index contributed by atoms with van der Waals surface area (Å²) in [6.07, 6.45) is 1.94. The molecule has 0 aliphatic rings. The Labute approximate surface area is 436 Å². The summed E-state index contributed by atoms with van der Waals surface area (Å²) in [7, 11) is 0. The molecule has 372 valence electrons. The van der Waals surface area contributed by atoms with Gasteiger partial charge in [0.05, 0.1) is 28.0 Å². The van der Waals surface area contributed by atoms with Gasteiger partial charge in [-0.05, 0) is 144 Å². The molecule has 0 aliphatic carbocycles. The van der Waals surface area contributed by atoms with Crippen LogP contribution in [0.2, 0.25) is 0 Å². The Morgan fingerprint density at radius 2 is 0.973 bits per heavy atom. The van der Waals surface area contributed by atoms with Crippen molar-refractivity contribution in [2.45, 2.75) is 138 Å². The van der Waals surface area contributed by atoms with Crippen LogP contribution in [0.25, 0.3) is 83.9 Å². The molecule has 2 aromatic heterocycles. The maximum Gasteiger partial charge on any atom is 0.149 e. The van der Waals surface area contributed by atoms with E-state index in [2.05, 4.69) is 267 Å². The molecular formula is C69H75N3O. The van der Waals surface area contributed by atoms with Gasteiger partial charge in [-0.3, -0.25) is 9.55 Å². The topological polar surface area (TPSA) is 50.9 Å². The first-order valence-corrected chi connectivity index (χ1v) is 26.1. The van der Waals surface area contributed by atoms with Crippen molar-refractivity contribution in [2.24, 2.45) is 0 Å². The number of hydrogen-bond donors (Lipinski definition) is 1. The SMILES string of the molecule is Cc1cc(C(C)(C)C)ccc1-c1ccc(-c2ccnc(-c3cc(-c4cccc5c4nc(-c4cc(C(C)(C)C)cc(C(C)(C)C)c4O)n5-c4ccc(C(C)(C)C)cc4-c4ccccc4)cc(C(C)(C)C)c3)c2)cc1. The van der Waals surface area contributed by atoms with Crippen LogP contribution in [0.15, 0.2) is 158 Å². The number of benzene rings is 7. The molecule has 0 saturated heterocycles. The predicted octanol–water partition coefficient (Wildman–Crippen LogP) is 18.9. The van der Waals surface area contributed by atoms with Crippen LogP contribution >= 0.6 is 0 Å². The molecule has 1 N–H and O–H groups in total. The summed E-state index contributed by atoms with van der Waals surface area (Å²) < 4.78 is 2.30. The number of aromatic hydroxyl groups is 1. The molecule has 0 aliphatic heterocycles. The Kier molecular flexibility index (Phi) is 12.9. The number of rotatable bonds is 7. The molecule has 0 atom stereocenters. The van der Waals surface area contributed by atoms with E-state index in [0.717, 1.165) is 72.5 Å². The zero-order valence-electron chi connectivity index (χ0n) is 46.3. The summed E-state index contributed by atoms with van der Waals surface area (Å²) in [5.41, 5.74) is 21.0. The van der Waals surface area contributed by atoms with E-state index in [-0.39, 0.29) is 32.8 Å². The molecule has 2 heterocycles. The number of para-hydroxylation sites is 1. The summed E-state index contributed by atoms with van der Waals surface area (Å²) >= 11 is 0. The number of imidazole rings is 1. The van der Waals surface area contributed by atoms with Crippen LogP contribution in [0.4, 0.5) is 0 Å². The second-order valence-corrected chi connectivity index (χ2v) is 25.5. The zero-order valence-corrected chi connectivity index (χ0v) is 46.3. The van der Waals surface area contributed by atoms with E-state index >= 15 is 0 Å². The minimum Gasteiger partial charge on any atom is -0.507 e. The molecule has 4 nitrogen and oxygen atoms in total. The normalized spacial score (nSPS) is 12.7. The molecule has 73 heavy (non-hydrogen) atoms. The van der Waals surface area contributed by atoms with Crippen molar-refractivity contribution in [2.75, 3.05) is 0 Å². The fourth-order valence-electron chi connectivity index (χ4n) is 10.0. The lowest BCUT2D eigenvalue weighted by atomic mass is 9.79. The highest BCUT2D eigenvalue weighted by Gasteiger charge is 2.30. The molecular weight excluding hydrogens is 887 g/mol. The van der Waals surface area contributed by atoms with Gasteiger partial charge in [-0.2, -0.15) is 0 Å². The van der Waals surface area contributed by atoms with E-state index in [1.54, 1.807) is 0 Å². The average molecular weight is 962 g/mol. The quantitative estimate of drug-likeness (QED) is 0.173. The van der Waals surface area contributed by atoms with Gasteiger partial charge in [0.2, 0.25) is 0 Å². The van der Waals surface area contributed by atoms with Crippen molar-refractivity contribution in [1.82, 2.24) is 14.5 Å². The molecule has 0 saturated carbocycles. The summed E-state index contributed by atoms with van der Waals surface area (Å²) in [4.78, 5) is 10.8. The Balaban J connectivity index is 1.25. The van der Waals surface area contributed by atoms with Gasteiger partial charge in [0, 0.05) is 28.5 Å². The first-order valence-electron chi connectivity index (χ1n) is 26.1. The van der Waals surface area contributed by atoms with Crippen LogP contribution in [-0.4, -0.2) is 19.6 Å². The predicted molar refractivity (Wildman–Crippen MR) is 311 cm³/mol. The van der Waals surface area contributed by atoms with Crippen molar-refractivity contribution in [3.63, 3.8) is 0 Å². The van der Waals surface area contributed by atoms with Gasteiger partial charge in [0.25, 0.3) is 0 Å². The van der Waals surface area contributed by atoms with Crippen LogP contribution in [0.1, 0.15) is 137 Å². The third-order valence-corrected chi connectivity index (χ3v) is 14.7. The molecule has 0 spiro atoms. The number of aryl methyl sites for hydroxylation is 1. The third-order valence-electron chi connectivity index (χ3n) is 14.7. The maximum atomic E-state index is 12.6. The molecule has 0 fully saturated rings. The molecule has 9 rings (SSSR count). The lowest BCUT2D eigenvalue weighted by Gasteiger charge is -2.28. The monoisotopic (exact) mass is 962 g/mol. The van der Waals surface area contributed by atoms with E-state index in [0.29, 0.717) is 11.4 Å². The maximum absolute atomic E-state index is 12.6. The van der Waals surface area contributed by atoms with E-state index in [4.69, 9.17) is 9.97 Å². The number of hydrogen-bond acceptors (Lipinski definition) is 3. The number of phenolic OH excluding ortho intramolecular Hbond substituents is 1. The lowest BCUT2D eigenvalue weighted by molar-refractivity contribution is 0.446. The second kappa shape index (κ2) is 18.5.